The average Bonchev–Trinajstić information content (AvgIpc) is 2.47. The van der Waals surface area contributed by atoms with Crippen molar-refractivity contribution >= 4 is 17.8 Å². The largest absolute Gasteiger partial charge is 0.468 e. The summed E-state index contributed by atoms with van der Waals surface area (Å²) >= 11 is 0. The van der Waals surface area contributed by atoms with Crippen LogP contribution in [0.25, 0.3) is 0 Å². The predicted octanol–water partition coefficient (Wildman–Crippen LogP) is 0.997. The van der Waals surface area contributed by atoms with Crippen LogP contribution in [0.4, 0.5) is 0 Å². The number of hydrogen-bond acceptors (Lipinski definition) is 4. The SMILES string of the molecule is COC(=O)CNC(=O)CCC(=O)N[C@@H]1CCC[C@@H](C)[C@H]1C. The molecule has 0 aromatic carbocycles. The fourth-order valence-electron chi connectivity index (χ4n) is 2.62. The molecule has 3 atom stereocenters. The highest BCUT2D eigenvalue weighted by atomic mass is 16.5. The Balaban J connectivity index is 2.24. The molecule has 1 saturated carbocycles. The Morgan fingerprint density at radius 1 is 1.10 bits per heavy atom. The molecule has 1 aliphatic carbocycles. The van der Waals surface area contributed by atoms with Crippen molar-refractivity contribution in [2.75, 3.05) is 13.7 Å². The molecule has 1 rings (SSSR count). The minimum absolute atomic E-state index is 0.0828. The van der Waals surface area contributed by atoms with Crippen LogP contribution in [0.3, 0.4) is 0 Å². The second-order valence-electron chi connectivity index (χ2n) is 5.79. The number of carbonyl (C=O) groups excluding carboxylic acids is 3. The van der Waals surface area contributed by atoms with Crippen LogP contribution in [0.15, 0.2) is 0 Å². The summed E-state index contributed by atoms with van der Waals surface area (Å²) in [6, 6.07) is 0.208. The van der Waals surface area contributed by atoms with Gasteiger partial charge in [-0.3, -0.25) is 14.4 Å². The van der Waals surface area contributed by atoms with E-state index in [1.807, 2.05) is 0 Å². The summed E-state index contributed by atoms with van der Waals surface area (Å²) in [6.07, 6.45) is 3.58. The van der Waals surface area contributed by atoms with Crippen LogP contribution in [-0.2, 0) is 19.1 Å². The van der Waals surface area contributed by atoms with Crippen molar-refractivity contribution in [3.05, 3.63) is 0 Å². The van der Waals surface area contributed by atoms with Crippen LogP contribution in [0.2, 0.25) is 0 Å². The molecule has 0 radical (unpaired) electrons. The third kappa shape index (κ3) is 6.14. The van der Waals surface area contributed by atoms with E-state index in [-0.39, 0.29) is 37.2 Å². The van der Waals surface area contributed by atoms with Crippen molar-refractivity contribution < 1.29 is 19.1 Å². The van der Waals surface area contributed by atoms with Crippen LogP contribution in [0.5, 0.6) is 0 Å². The number of amides is 2. The van der Waals surface area contributed by atoms with Crippen LogP contribution < -0.4 is 10.6 Å². The summed E-state index contributed by atoms with van der Waals surface area (Å²) in [5.74, 6) is 0.163. The van der Waals surface area contributed by atoms with Gasteiger partial charge in [0.25, 0.3) is 0 Å². The minimum Gasteiger partial charge on any atom is -0.468 e. The number of nitrogens with one attached hydrogen (secondary N) is 2. The molecule has 2 N–H and O–H groups in total. The van der Waals surface area contributed by atoms with Gasteiger partial charge in [-0.2, -0.15) is 0 Å². The summed E-state index contributed by atoms with van der Waals surface area (Å²) in [5, 5.41) is 5.43. The third-order valence-corrected chi connectivity index (χ3v) is 4.29. The van der Waals surface area contributed by atoms with Crippen molar-refractivity contribution in [2.24, 2.45) is 11.8 Å². The maximum absolute atomic E-state index is 11.9. The van der Waals surface area contributed by atoms with Crippen molar-refractivity contribution in [3.63, 3.8) is 0 Å². The lowest BCUT2D eigenvalue weighted by Crippen LogP contribution is -2.44. The van der Waals surface area contributed by atoms with E-state index in [2.05, 4.69) is 29.2 Å². The summed E-state index contributed by atoms with van der Waals surface area (Å²) in [7, 11) is 1.26. The summed E-state index contributed by atoms with van der Waals surface area (Å²) in [4.78, 5) is 34.2. The molecule has 6 heteroatoms. The van der Waals surface area contributed by atoms with E-state index in [1.165, 1.54) is 13.5 Å². The van der Waals surface area contributed by atoms with Gasteiger partial charge in [-0.25, -0.2) is 0 Å². The lowest BCUT2D eigenvalue weighted by Gasteiger charge is -2.34. The van der Waals surface area contributed by atoms with E-state index in [9.17, 15) is 14.4 Å². The molecule has 1 aliphatic rings. The molecule has 2 amide bonds. The molecule has 21 heavy (non-hydrogen) atoms. The fourth-order valence-corrected chi connectivity index (χ4v) is 2.62. The number of methoxy groups -OCH3 is 1. The summed E-state index contributed by atoms with van der Waals surface area (Å²) in [5.41, 5.74) is 0. The highest BCUT2D eigenvalue weighted by Crippen LogP contribution is 2.29. The zero-order chi connectivity index (χ0) is 15.8. The number of rotatable bonds is 6. The molecule has 0 saturated heterocycles. The molecule has 0 unspecified atom stereocenters. The van der Waals surface area contributed by atoms with E-state index < -0.39 is 5.97 Å². The molecule has 6 nitrogen and oxygen atoms in total. The topological polar surface area (TPSA) is 84.5 Å². The van der Waals surface area contributed by atoms with Crippen molar-refractivity contribution in [1.29, 1.82) is 0 Å². The third-order valence-electron chi connectivity index (χ3n) is 4.29. The van der Waals surface area contributed by atoms with Crippen LogP contribution >= 0.6 is 0 Å². The maximum Gasteiger partial charge on any atom is 0.325 e. The zero-order valence-corrected chi connectivity index (χ0v) is 13.1. The molecule has 120 valence electrons. The monoisotopic (exact) mass is 298 g/mol. The standard InChI is InChI=1S/C15H26N2O4/c1-10-5-4-6-12(11(10)2)17-14(19)8-7-13(18)16-9-15(20)21-3/h10-12H,4-9H2,1-3H3,(H,16,18)(H,17,19)/t10-,11-,12-/m1/s1. The lowest BCUT2D eigenvalue weighted by atomic mass is 9.78. The molecule has 0 aliphatic heterocycles. The van der Waals surface area contributed by atoms with Gasteiger partial charge in [0.05, 0.1) is 7.11 Å². The first-order chi connectivity index (χ1) is 9.93. The fraction of sp³-hybridized carbons (Fsp3) is 0.800. The Labute approximate surface area is 126 Å². The lowest BCUT2D eigenvalue weighted by molar-refractivity contribution is -0.141. The van der Waals surface area contributed by atoms with Gasteiger partial charge in [0, 0.05) is 18.9 Å². The van der Waals surface area contributed by atoms with Gasteiger partial charge in [0.2, 0.25) is 11.8 Å². The molecular formula is C15H26N2O4. The second kappa shape index (κ2) is 8.64. The Kier molecular flexibility index (Phi) is 7.19. The first-order valence-electron chi connectivity index (χ1n) is 7.57. The maximum atomic E-state index is 11.9. The van der Waals surface area contributed by atoms with Crippen LogP contribution in [0, 0.1) is 11.8 Å². The normalized spacial score (nSPS) is 25.0. The van der Waals surface area contributed by atoms with E-state index in [4.69, 9.17) is 0 Å². The molecule has 0 bridgehead atoms. The first kappa shape index (κ1) is 17.5. The van der Waals surface area contributed by atoms with Crippen molar-refractivity contribution in [2.45, 2.75) is 52.0 Å². The van der Waals surface area contributed by atoms with Gasteiger partial charge in [0.15, 0.2) is 0 Å². The van der Waals surface area contributed by atoms with Gasteiger partial charge in [-0.15, -0.1) is 0 Å². The summed E-state index contributed by atoms with van der Waals surface area (Å²) < 4.78 is 4.42. The summed E-state index contributed by atoms with van der Waals surface area (Å²) in [6.45, 7) is 4.22. The molecule has 0 aromatic rings. The van der Waals surface area contributed by atoms with Gasteiger partial charge >= 0.3 is 5.97 Å². The molecular weight excluding hydrogens is 272 g/mol. The van der Waals surface area contributed by atoms with E-state index >= 15 is 0 Å². The predicted molar refractivity (Wildman–Crippen MR) is 78.4 cm³/mol. The Morgan fingerprint density at radius 3 is 2.43 bits per heavy atom. The highest BCUT2D eigenvalue weighted by Gasteiger charge is 2.28. The molecule has 0 aromatic heterocycles. The molecule has 1 fully saturated rings. The van der Waals surface area contributed by atoms with E-state index in [0.717, 1.165) is 12.8 Å². The van der Waals surface area contributed by atoms with Crippen molar-refractivity contribution in [3.8, 4) is 0 Å². The molecule has 0 heterocycles. The number of ether oxygens (including phenoxy) is 1. The Hall–Kier alpha value is -1.59. The number of hydrogen-bond donors (Lipinski definition) is 2. The smallest absolute Gasteiger partial charge is 0.325 e. The van der Waals surface area contributed by atoms with E-state index in [1.54, 1.807) is 0 Å². The van der Waals surface area contributed by atoms with Crippen LogP contribution in [0.1, 0.15) is 46.0 Å². The van der Waals surface area contributed by atoms with Crippen LogP contribution in [-0.4, -0.2) is 37.5 Å². The Morgan fingerprint density at radius 2 is 1.76 bits per heavy atom. The average molecular weight is 298 g/mol. The zero-order valence-electron chi connectivity index (χ0n) is 13.1. The van der Waals surface area contributed by atoms with Gasteiger partial charge in [-0.05, 0) is 18.3 Å². The number of carbonyl (C=O) groups is 3. The number of esters is 1. The molecule has 0 spiro atoms. The second-order valence-corrected chi connectivity index (χ2v) is 5.79. The van der Waals surface area contributed by atoms with Gasteiger partial charge < -0.3 is 15.4 Å². The quantitative estimate of drug-likeness (QED) is 0.716. The Bertz CT molecular complexity index is 384. The first-order valence-corrected chi connectivity index (χ1v) is 7.57. The van der Waals surface area contributed by atoms with E-state index in [0.29, 0.717) is 11.8 Å². The van der Waals surface area contributed by atoms with Gasteiger partial charge in [-0.1, -0.05) is 26.7 Å². The highest BCUT2D eigenvalue weighted by molar-refractivity contribution is 5.86. The minimum atomic E-state index is -0.502. The van der Waals surface area contributed by atoms with Crippen molar-refractivity contribution in [1.82, 2.24) is 10.6 Å². The van der Waals surface area contributed by atoms with Gasteiger partial charge in [0.1, 0.15) is 6.54 Å².